The number of hydrogen-bond acceptors (Lipinski definition) is 2. The number of carbonyl (C=O) groups excluding carboxylic acids is 2. The van der Waals surface area contributed by atoms with E-state index in [2.05, 4.69) is 5.32 Å². The van der Waals surface area contributed by atoms with Gasteiger partial charge in [-0.15, -0.1) is 0 Å². The van der Waals surface area contributed by atoms with Crippen molar-refractivity contribution in [2.24, 2.45) is 0 Å². The molecule has 1 rings (SSSR count). The van der Waals surface area contributed by atoms with Crippen LogP contribution in [0.15, 0.2) is 35.9 Å². The van der Waals surface area contributed by atoms with E-state index in [0.29, 0.717) is 6.54 Å². The number of hydrogen-bond donors (Lipinski definition) is 1. The van der Waals surface area contributed by atoms with Crippen molar-refractivity contribution in [2.45, 2.75) is 13.3 Å². The number of amides is 1. The van der Waals surface area contributed by atoms with Crippen molar-refractivity contribution in [2.75, 3.05) is 6.54 Å². The van der Waals surface area contributed by atoms with Gasteiger partial charge < -0.3 is 5.32 Å². The number of benzene rings is 1. The van der Waals surface area contributed by atoms with Gasteiger partial charge in [0.25, 0.3) is 5.91 Å². The van der Waals surface area contributed by atoms with Gasteiger partial charge in [-0.2, -0.15) is 0 Å². The molecular weight excluding hydrogens is 202 g/mol. The topological polar surface area (TPSA) is 46.2 Å². The van der Waals surface area contributed by atoms with Crippen molar-refractivity contribution in [3.63, 3.8) is 0 Å². The summed E-state index contributed by atoms with van der Waals surface area (Å²) in [6, 6.07) is 9.21. The molecule has 0 aliphatic rings. The summed E-state index contributed by atoms with van der Waals surface area (Å²) in [5.74, 6) is -0.374. The fourth-order valence-electron chi connectivity index (χ4n) is 1.19. The van der Waals surface area contributed by atoms with Crippen molar-refractivity contribution >= 4 is 18.3 Å². The van der Waals surface area contributed by atoms with Gasteiger partial charge in [0, 0.05) is 6.54 Å². The lowest BCUT2D eigenvalue weighted by molar-refractivity contribution is -0.116. The average Bonchev–Trinajstić information content (AvgIpc) is 2.34. The second-order valence-electron chi connectivity index (χ2n) is 3.33. The van der Waals surface area contributed by atoms with Crippen LogP contribution in [-0.4, -0.2) is 18.7 Å². The van der Waals surface area contributed by atoms with Crippen molar-refractivity contribution in [3.05, 3.63) is 41.5 Å². The van der Waals surface area contributed by atoms with E-state index in [1.165, 1.54) is 6.08 Å². The molecule has 1 amide bonds. The Bertz CT molecular complexity index is 382. The predicted molar refractivity (Wildman–Crippen MR) is 63.4 cm³/mol. The first-order valence-corrected chi connectivity index (χ1v) is 5.21. The monoisotopic (exact) mass is 216 g/mol. The summed E-state index contributed by atoms with van der Waals surface area (Å²) in [5, 5.41) is 2.63. The van der Waals surface area contributed by atoms with E-state index in [4.69, 9.17) is 0 Å². The minimum absolute atomic E-state index is 0.0275. The maximum absolute atomic E-state index is 11.5. The zero-order valence-electron chi connectivity index (χ0n) is 9.19. The highest BCUT2D eigenvalue weighted by atomic mass is 16.2. The molecule has 0 saturated heterocycles. The van der Waals surface area contributed by atoms with Crippen LogP contribution in [0.2, 0.25) is 0 Å². The molecule has 0 bridgehead atoms. The SMILES string of the molecule is CCCNC(=O)C([C]=O)=Cc1ccccc1. The van der Waals surface area contributed by atoms with E-state index in [1.807, 2.05) is 37.3 Å². The predicted octanol–water partition coefficient (Wildman–Crippen LogP) is 1.71. The highest BCUT2D eigenvalue weighted by Gasteiger charge is 2.07. The molecule has 1 aromatic carbocycles. The van der Waals surface area contributed by atoms with Gasteiger partial charge in [-0.3, -0.25) is 9.59 Å². The zero-order chi connectivity index (χ0) is 11.8. The van der Waals surface area contributed by atoms with Gasteiger partial charge in [0.1, 0.15) is 0 Å². The molecule has 83 valence electrons. The van der Waals surface area contributed by atoms with Gasteiger partial charge in [-0.05, 0) is 18.1 Å². The highest BCUT2D eigenvalue weighted by Crippen LogP contribution is 2.05. The first-order chi connectivity index (χ1) is 7.77. The molecule has 3 nitrogen and oxygen atoms in total. The maximum atomic E-state index is 11.5. The lowest BCUT2D eigenvalue weighted by Gasteiger charge is -2.01. The third-order valence-corrected chi connectivity index (χ3v) is 2.00. The summed E-state index contributed by atoms with van der Waals surface area (Å²) >= 11 is 0. The Morgan fingerprint density at radius 2 is 2.06 bits per heavy atom. The van der Waals surface area contributed by atoms with Crippen molar-refractivity contribution in [1.29, 1.82) is 0 Å². The number of carbonyl (C=O) groups is 1. The summed E-state index contributed by atoms with van der Waals surface area (Å²) < 4.78 is 0. The van der Waals surface area contributed by atoms with Crippen LogP contribution >= 0.6 is 0 Å². The third kappa shape index (κ3) is 3.69. The molecule has 0 spiro atoms. The van der Waals surface area contributed by atoms with Gasteiger partial charge in [0.05, 0.1) is 5.57 Å². The molecule has 0 heterocycles. The summed E-state index contributed by atoms with van der Waals surface area (Å²) in [7, 11) is 0. The van der Waals surface area contributed by atoms with Gasteiger partial charge in [0.15, 0.2) is 0 Å². The van der Waals surface area contributed by atoms with E-state index in [-0.39, 0.29) is 11.5 Å². The van der Waals surface area contributed by atoms with Crippen molar-refractivity contribution < 1.29 is 9.59 Å². The molecule has 1 aromatic rings. The fourth-order valence-corrected chi connectivity index (χ4v) is 1.19. The summed E-state index contributed by atoms with van der Waals surface area (Å²) in [6.45, 7) is 2.51. The normalized spacial score (nSPS) is 10.9. The van der Waals surface area contributed by atoms with Crippen LogP contribution in [-0.2, 0) is 9.59 Å². The van der Waals surface area contributed by atoms with Crippen LogP contribution in [0, 0.1) is 0 Å². The van der Waals surface area contributed by atoms with E-state index in [1.54, 1.807) is 6.29 Å². The Morgan fingerprint density at radius 3 is 2.62 bits per heavy atom. The molecule has 16 heavy (non-hydrogen) atoms. The second kappa shape index (κ2) is 6.56. The Kier molecular flexibility index (Phi) is 4.99. The van der Waals surface area contributed by atoms with Crippen LogP contribution in [0.25, 0.3) is 6.08 Å². The molecule has 0 aromatic heterocycles. The summed E-state index contributed by atoms with van der Waals surface area (Å²) in [4.78, 5) is 22.2. The minimum Gasteiger partial charge on any atom is -0.352 e. The largest absolute Gasteiger partial charge is 0.352 e. The molecule has 3 heteroatoms. The first kappa shape index (κ1) is 12.2. The Balaban J connectivity index is 2.78. The maximum Gasteiger partial charge on any atom is 0.255 e. The molecule has 1 N–H and O–H groups in total. The summed E-state index contributed by atoms with van der Waals surface area (Å²) in [6.07, 6.45) is 4.02. The van der Waals surface area contributed by atoms with Crippen LogP contribution in [0.5, 0.6) is 0 Å². The van der Waals surface area contributed by atoms with E-state index < -0.39 is 0 Å². The molecule has 0 aliphatic carbocycles. The smallest absolute Gasteiger partial charge is 0.255 e. The zero-order valence-corrected chi connectivity index (χ0v) is 9.19. The van der Waals surface area contributed by atoms with Crippen LogP contribution in [0.1, 0.15) is 18.9 Å². The second-order valence-corrected chi connectivity index (χ2v) is 3.33. The molecule has 0 fully saturated rings. The van der Waals surface area contributed by atoms with E-state index >= 15 is 0 Å². The highest BCUT2D eigenvalue weighted by molar-refractivity contribution is 6.14. The lowest BCUT2D eigenvalue weighted by atomic mass is 10.1. The number of rotatable bonds is 5. The lowest BCUT2D eigenvalue weighted by Crippen LogP contribution is -2.26. The third-order valence-electron chi connectivity index (χ3n) is 2.00. The van der Waals surface area contributed by atoms with Gasteiger partial charge >= 0.3 is 0 Å². The Labute approximate surface area is 95.2 Å². The molecule has 1 radical (unpaired) electrons. The standard InChI is InChI=1S/C13H14NO2/c1-2-8-14-13(16)12(10-15)9-11-6-4-3-5-7-11/h3-7,9H,2,8H2,1H3,(H,14,16). The Morgan fingerprint density at radius 1 is 1.38 bits per heavy atom. The van der Waals surface area contributed by atoms with Crippen molar-refractivity contribution in [1.82, 2.24) is 5.32 Å². The first-order valence-electron chi connectivity index (χ1n) is 5.21. The van der Waals surface area contributed by atoms with Gasteiger partial charge in [-0.25, -0.2) is 0 Å². The van der Waals surface area contributed by atoms with E-state index in [0.717, 1.165) is 12.0 Å². The molecular formula is C13H14NO2. The summed E-state index contributed by atoms with van der Waals surface area (Å²) in [5.41, 5.74) is 0.840. The van der Waals surface area contributed by atoms with E-state index in [9.17, 15) is 9.59 Å². The molecule has 0 atom stereocenters. The van der Waals surface area contributed by atoms with Gasteiger partial charge in [-0.1, -0.05) is 37.3 Å². The van der Waals surface area contributed by atoms with Gasteiger partial charge in [0.2, 0.25) is 6.29 Å². The van der Waals surface area contributed by atoms with Crippen LogP contribution in [0.4, 0.5) is 0 Å². The molecule has 0 saturated carbocycles. The molecule has 0 unspecified atom stereocenters. The molecule has 0 aliphatic heterocycles. The van der Waals surface area contributed by atoms with Crippen LogP contribution in [0.3, 0.4) is 0 Å². The Hall–Kier alpha value is -1.90. The quantitative estimate of drug-likeness (QED) is 0.462. The van der Waals surface area contributed by atoms with Crippen molar-refractivity contribution in [3.8, 4) is 0 Å². The minimum atomic E-state index is -0.374. The average molecular weight is 216 g/mol. The van der Waals surface area contributed by atoms with Crippen LogP contribution < -0.4 is 5.32 Å². The fraction of sp³-hybridized carbons (Fsp3) is 0.231. The number of nitrogens with one attached hydrogen (secondary N) is 1.